The van der Waals surface area contributed by atoms with Crippen molar-refractivity contribution in [2.24, 2.45) is 0 Å². The zero-order valence-corrected chi connectivity index (χ0v) is 17.7. The summed E-state index contributed by atoms with van der Waals surface area (Å²) in [5.41, 5.74) is 2.36. The standard InChI is InChI=1S/C21H21ClF3N3O4/c1-12-8-15(2-3-18(12)32-21(23,24)25)27-20(31)28-6-4-13(5-7-28)19-16(22)9-14(10-26-19)17(30)11-29/h2-4,8-10,17,29-30H,5-7,11H2,1H3,(H,27,31)/t17-/m0/s1. The summed E-state index contributed by atoms with van der Waals surface area (Å²) in [6.45, 7) is 1.68. The molecule has 1 atom stereocenters. The van der Waals surface area contributed by atoms with Crippen LogP contribution in [0.15, 0.2) is 36.5 Å². The van der Waals surface area contributed by atoms with Gasteiger partial charge in [-0.3, -0.25) is 4.98 Å². The number of aromatic nitrogens is 1. The molecule has 7 nitrogen and oxygen atoms in total. The Morgan fingerprint density at radius 3 is 2.69 bits per heavy atom. The van der Waals surface area contributed by atoms with Crippen molar-refractivity contribution in [3.05, 3.63) is 58.4 Å². The van der Waals surface area contributed by atoms with E-state index in [9.17, 15) is 23.1 Å². The average molecular weight is 472 g/mol. The summed E-state index contributed by atoms with van der Waals surface area (Å²) in [6.07, 6.45) is -2.11. The molecule has 0 unspecified atom stereocenters. The average Bonchev–Trinajstić information content (AvgIpc) is 2.74. The largest absolute Gasteiger partial charge is 0.573 e. The number of amides is 2. The van der Waals surface area contributed by atoms with Gasteiger partial charge in [-0.2, -0.15) is 0 Å². The molecule has 0 saturated heterocycles. The lowest BCUT2D eigenvalue weighted by atomic mass is 10.0. The van der Waals surface area contributed by atoms with Gasteiger partial charge in [0.15, 0.2) is 0 Å². The number of aliphatic hydroxyl groups excluding tert-OH is 2. The molecule has 2 heterocycles. The summed E-state index contributed by atoms with van der Waals surface area (Å²) in [4.78, 5) is 18.3. The summed E-state index contributed by atoms with van der Waals surface area (Å²) in [5, 5.41) is 21.7. The van der Waals surface area contributed by atoms with Crippen LogP contribution in [0.5, 0.6) is 5.75 Å². The van der Waals surface area contributed by atoms with E-state index in [4.69, 9.17) is 16.7 Å². The van der Waals surface area contributed by atoms with E-state index in [0.717, 1.165) is 11.6 Å². The SMILES string of the molecule is Cc1cc(NC(=O)N2CC=C(c3ncc([C@@H](O)CO)cc3Cl)CC2)ccc1OC(F)(F)F. The molecule has 0 bridgehead atoms. The third kappa shape index (κ3) is 5.90. The number of carbonyl (C=O) groups excluding carboxylic acids is 1. The molecule has 0 spiro atoms. The second kappa shape index (κ2) is 9.76. The van der Waals surface area contributed by atoms with Gasteiger partial charge in [-0.25, -0.2) is 4.79 Å². The second-order valence-electron chi connectivity index (χ2n) is 7.18. The van der Waals surface area contributed by atoms with Crippen LogP contribution in [0.2, 0.25) is 5.02 Å². The highest BCUT2D eigenvalue weighted by Crippen LogP contribution is 2.30. The number of hydrogen-bond donors (Lipinski definition) is 3. The van der Waals surface area contributed by atoms with Crippen molar-refractivity contribution < 1.29 is 32.9 Å². The molecule has 1 aromatic heterocycles. The number of carbonyl (C=O) groups is 1. The number of benzene rings is 1. The van der Waals surface area contributed by atoms with Gasteiger partial charge in [0, 0.05) is 30.5 Å². The lowest BCUT2D eigenvalue weighted by molar-refractivity contribution is -0.274. The second-order valence-corrected chi connectivity index (χ2v) is 7.59. The molecule has 1 aromatic carbocycles. The van der Waals surface area contributed by atoms with Gasteiger partial charge >= 0.3 is 12.4 Å². The smallest absolute Gasteiger partial charge is 0.406 e. The molecule has 2 aromatic rings. The highest BCUT2D eigenvalue weighted by molar-refractivity contribution is 6.32. The number of nitrogens with one attached hydrogen (secondary N) is 1. The zero-order valence-electron chi connectivity index (χ0n) is 17.0. The number of urea groups is 1. The van der Waals surface area contributed by atoms with E-state index >= 15 is 0 Å². The number of aliphatic hydroxyl groups is 2. The highest BCUT2D eigenvalue weighted by Gasteiger charge is 2.31. The third-order valence-corrected chi connectivity index (χ3v) is 5.16. The molecular weight excluding hydrogens is 451 g/mol. The predicted molar refractivity (Wildman–Crippen MR) is 112 cm³/mol. The van der Waals surface area contributed by atoms with Crippen molar-refractivity contribution in [3.63, 3.8) is 0 Å². The van der Waals surface area contributed by atoms with Gasteiger partial charge < -0.3 is 25.2 Å². The maximum Gasteiger partial charge on any atom is 0.573 e. The molecule has 11 heteroatoms. The molecule has 2 amide bonds. The number of alkyl halides is 3. The fraction of sp³-hybridized carbons (Fsp3) is 0.333. The Morgan fingerprint density at radius 1 is 1.38 bits per heavy atom. The lowest BCUT2D eigenvalue weighted by Gasteiger charge is -2.27. The number of pyridine rings is 1. The molecule has 0 fully saturated rings. The maximum absolute atomic E-state index is 12.5. The maximum atomic E-state index is 12.5. The van der Waals surface area contributed by atoms with Crippen molar-refractivity contribution in [1.82, 2.24) is 9.88 Å². The molecule has 3 rings (SSSR count). The Balaban J connectivity index is 1.63. The van der Waals surface area contributed by atoms with Gasteiger partial charge in [-0.05, 0) is 48.7 Å². The van der Waals surface area contributed by atoms with Crippen molar-refractivity contribution >= 4 is 28.9 Å². The summed E-state index contributed by atoms with van der Waals surface area (Å²) >= 11 is 6.27. The van der Waals surface area contributed by atoms with Crippen LogP contribution in [0.4, 0.5) is 23.7 Å². The van der Waals surface area contributed by atoms with E-state index in [1.165, 1.54) is 30.2 Å². The first-order valence-corrected chi connectivity index (χ1v) is 10.0. The summed E-state index contributed by atoms with van der Waals surface area (Å²) in [7, 11) is 0. The molecule has 1 aliphatic rings. The van der Waals surface area contributed by atoms with Gasteiger partial charge in [-0.1, -0.05) is 17.7 Å². The quantitative estimate of drug-likeness (QED) is 0.604. The summed E-state index contributed by atoms with van der Waals surface area (Å²) < 4.78 is 41.1. The van der Waals surface area contributed by atoms with Crippen LogP contribution >= 0.6 is 11.6 Å². The van der Waals surface area contributed by atoms with E-state index in [2.05, 4.69) is 15.0 Å². The molecule has 0 saturated carbocycles. The van der Waals surface area contributed by atoms with E-state index < -0.39 is 25.1 Å². The molecular formula is C21H21ClF3N3O4. The first-order valence-electron chi connectivity index (χ1n) is 9.63. The summed E-state index contributed by atoms with van der Waals surface area (Å²) in [5.74, 6) is -0.331. The fourth-order valence-corrected chi connectivity index (χ4v) is 3.51. The van der Waals surface area contributed by atoms with E-state index in [-0.39, 0.29) is 17.9 Å². The minimum Gasteiger partial charge on any atom is -0.406 e. The molecule has 0 aliphatic carbocycles. The Bertz CT molecular complexity index is 1030. The number of halogens is 4. The minimum atomic E-state index is -4.79. The third-order valence-electron chi connectivity index (χ3n) is 4.87. The van der Waals surface area contributed by atoms with Crippen molar-refractivity contribution in [2.45, 2.75) is 25.8 Å². The monoisotopic (exact) mass is 471 g/mol. The number of rotatable bonds is 5. The summed E-state index contributed by atoms with van der Waals surface area (Å²) in [6, 6.07) is 5.03. The molecule has 32 heavy (non-hydrogen) atoms. The normalized spacial score (nSPS) is 15.2. The van der Waals surface area contributed by atoms with Crippen molar-refractivity contribution in [3.8, 4) is 5.75 Å². The molecule has 1 aliphatic heterocycles. The van der Waals surface area contributed by atoms with Gasteiger partial charge in [0.05, 0.1) is 17.3 Å². The van der Waals surface area contributed by atoms with Crippen LogP contribution in [0.3, 0.4) is 0 Å². The first-order chi connectivity index (χ1) is 15.1. The topological polar surface area (TPSA) is 94.9 Å². The number of aryl methyl sites for hydroxylation is 1. The number of anilines is 1. The van der Waals surface area contributed by atoms with Gasteiger partial charge in [0.25, 0.3) is 0 Å². The first kappa shape index (κ1) is 23.8. The lowest BCUT2D eigenvalue weighted by Crippen LogP contribution is -2.38. The van der Waals surface area contributed by atoms with Crippen molar-refractivity contribution in [1.29, 1.82) is 0 Å². The van der Waals surface area contributed by atoms with Crippen LogP contribution in [0.1, 0.15) is 29.3 Å². The van der Waals surface area contributed by atoms with Crippen LogP contribution in [-0.4, -0.2) is 52.2 Å². The van der Waals surface area contributed by atoms with Crippen LogP contribution < -0.4 is 10.1 Å². The molecule has 0 radical (unpaired) electrons. The van der Waals surface area contributed by atoms with Crippen LogP contribution in [0, 0.1) is 6.92 Å². The Kier molecular flexibility index (Phi) is 7.27. The number of nitrogens with zero attached hydrogens (tertiary/aromatic N) is 2. The van der Waals surface area contributed by atoms with Gasteiger partial charge in [0.2, 0.25) is 0 Å². The predicted octanol–water partition coefficient (Wildman–Crippen LogP) is 4.29. The van der Waals surface area contributed by atoms with Gasteiger partial charge in [-0.15, -0.1) is 13.2 Å². The minimum absolute atomic E-state index is 0.233. The van der Waals surface area contributed by atoms with Crippen molar-refractivity contribution in [2.75, 3.05) is 25.0 Å². The van der Waals surface area contributed by atoms with Gasteiger partial charge in [0.1, 0.15) is 11.9 Å². The van der Waals surface area contributed by atoms with Crippen LogP contribution in [0.25, 0.3) is 5.57 Å². The molecule has 3 N–H and O–H groups in total. The van der Waals surface area contributed by atoms with E-state index in [1.807, 2.05) is 6.08 Å². The van der Waals surface area contributed by atoms with Crippen LogP contribution in [-0.2, 0) is 0 Å². The fourth-order valence-electron chi connectivity index (χ4n) is 3.21. The number of hydrogen-bond acceptors (Lipinski definition) is 5. The van der Waals surface area contributed by atoms with E-state index in [0.29, 0.717) is 34.9 Å². The Morgan fingerprint density at radius 2 is 2.12 bits per heavy atom. The highest BCUT2D eigenvalue weighted by atomic mass is 35.5. The molecule has 172 valence electrons. The Labute approximate surface area is 187 Å². The Hall–Kier alpha value is -2.82. The number of ether oxygens (including phenoxy) is 1. The zero-order chi connectivity index (χ0) is 23.5. The van der Waals surface area contributed by atoms with E-state index in [1.54, 1.807) is 6.07 Å².